The topological polar surface area (TPSA) is 109 Å². The van der Waals surface area contributed by atoms with Gasteiger partial charge in [-0.2, -0.15) is 0 Å². The fraction of sp³-hybridized carbons (Fsp3) is 0.400. The van der Waals surface area contributed by atoms with Crippen LogP contribution in [-0.2, 0) is 6.54 Å². The number of carboxylic acid groups (broad SMARTS) is 1. The predicted octanol–water partition coefficient (Wildman–Crippen LogP) is -0.701. The molecule has 96 valence electrons. The molecule has 0 unspecified atom stereocenters. The summed E-state index contributed by atoms with van der Waals surface area (Å²) in [5.74, 6) is 4.20. The normalized spacial score (nSPS) is 9.17. The van der Waals surface area contributed by atoms with E-state index in [-0.39, 0.29) is 18.3 Å². The Balaban J connectivity index is 2.25. The van der Waals surface area contributed by atoms with E-state index in [1.54, 1.807) is 6.92 Å². The van der Waals surface area contributed by atoms with Gasteiger partial charge in [-0.15, -0.1) is 11.0 Å². The van der Waals surface area contributed by atoms with Crippen molar-refractivity contribution in [1.29, 1.82) is 0 Å². The van der Waals surface area contributed by atoms with Crippen LogP contribution >= 0.6 is 0 Å². The summed E-state index contributed by atoms with van der Waals surface area (Å²) in [5, 5.41) is 20.8. The molecule has 0 aromatic carbocycles. The molecule has 18 heavy (non-hydrogen) atoms. The van der Waals surface area contributed by atoms with E-state index in [0.717, 1.165) is 0 Å². The van der Waals surface area contributed by atoms with E-state index in [2.05, 4.69) is 32.8 Å². The van der Waals surface area contributed by atoms with Crippen LogP contribution < -0.4 is 10.6 Å². The van der Waals surface area contributed by atoms with Crippen molar-refractivity contribution in [2.24, 2.45) is 0 Å². The molecule has 0 bridgehead atoms. The average molecular weight is 251 g/mol. The molecule has 0 fully saturated rings. The Bertz CT molecular complexity index is 485. The SMILES string of the molecule is CC#CCNC(=O)NCCn1cc(C(=O)O)nn1. The molecule has 1 aromatic heterocycles. The summed E-state index contributed by atoms with van der Waals surface area (Å²) in [6.45, 7) is 2.63. The van der Waals surface area contributed by atoms with E-state index in [9.17, 15) is 9.59 Å². The minimum atomic E-state index is -1.13. The number of hydrogen-bond acceptors (Lipinski definition) is 4. The summed E-state index contributed by atoms with van der Waals surface area (Å²) < 4.78 is 1.34. The van der Waals surface area contributed by atoms with Crippen molar-refractivity contribution in [3.63, 3.8) is 0 Å². The average Bonchev–Trinajstić information content (AvgIpc) is 2.78. The highest BCUT2D eigenvalue weighted by Gasteiger charge is 2.07. The number of urea groups is 1. The fourth-order valence-electron chi connectivity index (χ4n) is 1.07. The van der Waals surface area contributed by atoms with Gasteiger partial charge in [0.1, 0.15) is 0 Å². The highest BCUT2D eigenvalue weighted by atomic mass is 16.4. The third-order valence-electron chi connectivity index (χ3n) is 1.90. The maximum atomic E-state index is 11.2. The van der Waals surface area contributed by atoms with E-state index < -0.39 is 5.97 Å². The van der Waals surface area contributed by atoms with Crippen LogP contribution in [0.4, 0.5) is 4.79 Å². The Kier molecular flexibility index (Phi) is 5.18. The molecule has 0 aliphatic heterocycles. The number of aromatic nitrogens is 3. The summed E-state index contributed by atoms with van der Waals surface area (Å²) in [5.41, 5.74) is -0.127. The molecular formula is C10H13N5O3. The van der Waals surface area contributed by atoms with Crippen LogP contribution in [0, 0.1) is 11.8 Å². The Morgan fingerprint density at radius 3 is 2.89 bits per heavy atom. The number of carbonyl (C=O) groups is 2. The van der Waals surface area contributed by atoms with Crippen LogP contribution in [0.5, 0.6) is 0 Å². The van der Waals surface area contributed by atoms with E-state index in [1.165, 1.54) is 10.9 Å². The van der Waals surface area contributed by atoms with Crippen LogP contribution in [0.1, 0.15) is 17.4 Å². The van der Waals surface area contributed by atoms with Crippen LogP contribution in [0.2, 0.25) is 0 Å². The van der Waals surface area contributed by atoms with E-state index in [4.69, 9.17) is 5.11 Å². The quantitative estimate of drug-likeness (QED) is 0.599. The number of nitrogens with zero attached hydrogens (tertiary/aromatic N) is 3. The van der Waals surface area contributed by atoms with Gasteiger partial charge in [0, 0.05) is 6.54 Å². The number of rotatable bonds is 5. The van der Waals surface area contributed by atoms with Crippen LogP contribution in [0.15, 0.2) is 6.20 Å². The lowest BCUT2D eigenvalue weighted by Gasteiger charge is -2.04. The van der Waals surface area contributed by atoms with Gasteiger partial charge in [0.05, 0.1) is 19.3 Å². The minimum absolute atomic E-state index is 0.127. The van der Waals surface area contributed by atoms with Crippen molar-refractivity contribution in [1.82, 2.24) is 25.6 Å². The molecule has 1 rings (SSSR count). The third kappa shape index (κ3) is 4.52. The zero-order valence-electron chi connectivity index (χ0n) is 9.80. The van der Waals surface area contributed by atoms with Gasteiger partial charge in [0.25, 0.3) is 0 Å². The van der Waals surface area contributed by atoms with Crippen LogP contribution in [0.3, 0.4) is 0 Å². The Hall–Kier alpha value is -2.56. The van der Waals surface area contributed by atoms with Crippen molar-refractivity contribution < 1.29 is 14.7 Å². The Labute approximate surface area is 103 Å². The standard InChI is InChI=1S/C10H13N5O3/c1-2-3-4-11-10(18)12-5-6-15-7-8(9(16)17)13-14-15/h7H,4-6H2,1H3,(H,16,17)(H2,11,12,18). The summed E-state index contributed by atoms with van der Waals surface area (Å²) in [7, 11) is 0. The fourth-order valence-corrected chi connectivity index (χ4v) is 1.07. The molecule has 0 saturated carbocycles. The van der Waals surface area contributed by atoms with Crippen molar-refractivity contribution >= 4 is 12.0 Å². The smallest absolute Gasteiger partial charge is 0.358 e. The lowest BCUT2D eigenvalue weighted by molar-refractivity contribution is 0.0690. The second-order valence-electron chi connectivity index (χ2n) is 3.21. The van der Waals surface area contributed by atoms with Crippen molar-refractivity contribution in [2.45, 2.75) is 13.5 Å². The Morgan fingerprint density at radius 1 is 1.50 bits per heavy atom. The molecule has 8 nitrogen and oxygen atoms in total. The van der Waals surface area contributed by atoms with Crippen molar-refractivity contribution in [3.05, 3.63) is 11.9 Å². The van der Waals surface area contributed by atoms with Gasteiger partial charge in [0.15, 0.2) is 5.69 Å². The van der Waals surface area contributed by atoms with Gasteiger partial charge in [-0.1, -0.05) is 11.1 Å². The summed E-state index contributed by atoms with van der Waals surface area (Å²) in [4.78, 5) is 21.7. The van der Waals surface area contributed by atoms with Gasteiger partial charge < -0.3 is 15.7 Å². The highest BCUT2D eigenvalue weighted by molar-refractivity contribution is 5.84. The molecule has 0 atom stereocenters. The van der Waals surface area contributed by atoms with Gasteiger partial charge in [-0.3, -0.25) is 0 Å². The number of aromatic carboxylic acids is 1. The number of nitrogens with one attached hydrogen (secondary N) is 2. The summed E-state index contributed by atoms with van der Waals surface area (Å²) >= 11 is 0. The molecular weight excluding hydrogens is 238 g/mol. The zero-order valence-corrected chi connectivity index (χ0v) is 9.80. The molecule has 3 N–H and O–H groups in total. The molecule has 0 aliphatic carbocycles. The summed E-state index contributed by atoms with van der Waals surface area (Å²) in [6, 6.07) is -0.337. The first kappa shape index (κ1) is 13.5. The molecule has 0 spiro atoms. The second-order valence-corrected chi connectivity index (χ2v) is 3.21. The lowest BCUT2D eigenvalue weighted by atomic mass is 10.5. The maximum Gasteiger partial charge on any atom is 0.358 e. The second kappa shape index (κ2) is 6.90. The summed E-state index contributed by atoms with van der Waals surface area (Å²) in [6.07, 6.45) is 1.30. The largest absolute Gasteiger partial charge is 0.476 e. The van der Waals surface area contributed by atoms with Gasteiger partial charge >= 0.3 is 12.0 Å². The first-order chi connectivity index (χ1) is 8.63. The van der Waals surface area contributed by atoms with Crippen LogP contribution in [0.25, 0.3) is 0 Å². The number of carbonyl (C=O) groups excluding carboxylic acids is 1. The first-order valence-corrected chi connectivity index (χ1v) is 5.18. The zero-order chi connectivity index (χ0) is 13.4. The maximum absolute atomic E-state index is 11.2. The molecule has 1 aromatic rings. The van der Waals surface area contributed by atoms with Crippen molar-refractivity contribution in [2.75, 3.05) is 13.1 Å². The monoisotopic (exact) mass is 251 g/mol. The molecule has 8 heteroatoms. The van der Waals surface area contributed by atoms with Gasteiger partial charge in [-0.25, -0.2) is 14.3 Å². The molecule has 1 heterocycles. The highest BCUT2D eigenvalue weighted by Crippen LogP contribution is 1.91. The molecule has 0 radical (unpaired) electrons. The molecule has 2 amide bonds. The van der Waals surface area contributed by atoms with E-state index in [1.807, 2.05) is 0 Å². The van der Waals surface area contributed by atoms with E-state index >= 15 is 0 Å². The van der Waals surface area contributed by atoms with Crippen LogP contribution in [-0.4, -0.2) is 45.2 Å². The number of carboxylic acids is 1. The lowest BCUT2D eigenvalue weighted by Crippen LogP contribution is -2.37. The van der Waals surface area contributed by atoms with E-state index in [0.29, 0.717) is 13.1 Å². The predicted molar refractivity (Wildman–Crippen MR) is 61.8 cm³/mol. The Morgan fingerprint density at radius 2 is 2.28 bits per heavy atom. The number of amides is 2. The third-order valence-corrected chi connectivity index (χ3v) is 1.90. The number of hydrogen-bond donors (Lipinski definition) is 3. The molecule has 0 aliphatic rings. The van der Waals surface area contributed by atoms with Crippen molar-refractivity contribution in [3.8, 4) is 11.8 Å². The molecule has 0 saturated heterocycles. The van der Waals surface area contributed by atoms with Gasteiger partial charge in [0.2, 0.25) is 0 Å². The first-order valence-electron chi connectivity index (χ1n) is 5.18. The van der Waals surface area contributed by atoms with Gasteiger partial charge in [-0.05, 0) is 6.92 Å². The minimum Gasteiger partial charge on any atom is -0.476 e.